The van der Waals surface area contributed by atoms with Gasteiger partial charge in [-0.15, -0.1) is 0 Å². The second-order valence-corrected chi connectivity index (χ2v) is 7.42. The maximum atomic E-state index is 11.2. The number of rotatable bonds is 6. The molecule has 0 heterocycles. The monoisotopic (exact) mass is 242 g/mol. The van der Waals surface area contributed by atoms with Crippen molar-refractivity contribution in [3.8, 4) is 0 Å². The Balaban J connectivity index is 3.90. The molecule has 1 N–H and O–H groups in total. The Morgan fingerprint density at radius 2 is 1.53 bits per heavy atom. The Bertz CT molecular complexity index is 230. The van der Waals surface area contributed by atoms with Crippen LogP contribution >= 0.6 is 0 Å². The van der Waals surface area contributed by atoms with E-state index in [1.165, 1.54) is 12.8 Å². The molecule has 0 aliphatic heterocycles. The van der Waals surface area contributed by atoms with Crippen LogP contribution in [0, 0.1) is 16.7 Å². The Labute approximate surface area is 107 Å². The molecule has 2 nitrogen and oxygen atoms in total. The fraction of sp³-hybridized carbons (Fsp3) is 0.933. The average molecular weight is 242 g/mol. The molecular formula is C15H30O2. The number of aliphatic carboxylic acids is 1. The van der Waals surface area contributed by atoms with Gasteiger partial charge < -0.3 is 5.11 Å². The molecule has 0 radical (unpaired) electrons. The van der Waals surface area contributed by atoms with E-state index in [-0.39, 0.29) is 11.3 Å². The van der Waals surface area contributed by atoms with Crippen LogP contribution in [-0.4, -0.2) is 11.1 Å². The lowest BCUT2D eigenvalue weighted by Gasteiger charge is -2.27. The van der Waals surface area contributed by atoms with Crippen LogP contribution < -0.4 is 0 Å². The highest BCUT2D eigenvalue weighted by atomic mass is 16.4. The lowest BCUT2D eigenvalue weighted by Crippen LogP contribution is -2.28. The molecule has 17 heavy (non-hydrogen) atoms. The van der Waals surface area contributed by atoms with Crippen molar-refractivity contribution < 1.29 is 9.90 Å². The quantitative estimate of drug-likeness (QED) is 0.684. The largest absolute Gasteiger partial charge is 0.481 e. The number of hydrogen-bond acceptors (Lipinski definition) is 1. The Hall–Kier alpha value is -0.530. The summed E-state index contributed by atoms with van der Waals surface area (Å²) >= 11 is 0. The van der Waals surface area contributed by atoms with Gasteiger partial charge in [0.25, 0.3) is 0 Å². The summed E-state index contributed by atoms with van der Waals surface area (Å²) < 4.78 is 0. The van der Waals surface area contributed by atoms with Crippen LogP contribution in [-0.2, 0) is 4.79 Å². The Kier molecular flexibility index (Phi) is 6.22. The lowest BCUT2D eigenvalue weighted by atomic mass is 9.77. The predicted octanol–water partition coefficient (Wildman–Crippen LogP) is 4.73. The van der Waals surface area contributed by atoms with Gasteiger partial charge in [-0.3, -0.25) is 4.79 Å². The van der Waals surface area contributed by atoms with Crippen LogP contribution in [0.3, 0.4) is 0 Å². The molecule has 0 aromatic carbocycles. The van der Waals surface area contributed by atoms with Crippen LogP contribution in [0.5, 0.6) is 0 Å². The standard InChI is InChI=1S/C15H30O2/c1-14(2,3)11-9-7-8-10-12(13(16)17)15(4,5)6/h12H,7-11H2,1-6H3,(H,16,17). The smallest absolute Gasteiger partial charge is 0.307 e. The van der Waals surface area contributed by atoms with E-state index in [1.54, 1.807) is 0 Å². The molecule has 0 aromatic heterocycles. The SMILES string of the molecule is CC(C)(C)CCCCCC(C(=O)O)C(C)(C)C. The fourth-order valence-corrected chi connectivity index (χ4v) is 2.11. The minimum atomic E-state index is -0.645. The van der Waals surface area contributed by atoms with E-state index in [0.29, 0.717) is 5.41 Å². The molecule has 1 atom stereocenters. The molecule has 0 fully saturated rings. The molecule has 1 unspecified atom stereocenters. The van der Waals surface area contributed by atoms with Crippen molar-refractivity contribution in [2.45, 2.75) is 73.6 Å². The minimum absolute atomic E-state index is 0.129. The summed E-state index contributed by atoms with van der Waals surface area (Å²) in [5, 5.41) is 9.19. The molecule has 0 amide bonds. The summed E-state index contributed by atoms with van der Waals surface area (Å²) in [5.74, 6) is -0.856. The molecule has 0 spiro atoms. The maximum Gasteiger partial charge on any atom is 0.307 e. The third kappa shape index (κ3) is 8.23. The summed E-state index contributed by atoms with van der Waals surface area (Å²) in [6.45, 7) is 12.8. The van der Waals surface area contributed by atoms with Crippen LogP contribution in [0.25, 0.3) is 0 Å². The van der Waals surface area contributed by atoms with Crippen LogP contribution in [0.1, 0.15) is 73.6 Å². The van der Waals surface area contributed by atoms with Gasteiger partial charge >= 0.3 is 5.97 Å². The highest BCUT2D eigenvalue weighted by molar-refractivity contribution is 5.70. The molecule has 0 saturated heterocycles. The maximum absolute atomic E-state index is 11.2. The summed E-state index contributed by atoms with van der Waals surface area (Å²) in [6.07, 6.45) is 5.42. The van der Waals surface area contributed by atoms with Crippen LogP contribution in [0.2, 0.25) is 0 Å². The molecule has 2 heteroatoms. The van der Waals surface area contributed by atoms with Crippen molar-refractivity contribution in [1.82, 2.24) is 0 Å². The molecule has 0 bridgehead atoms. The number of carbonyl (C=O) groups is 1. The average Bonchev–Trinajstić information content (AvgIpc) is 2.05. The van der Waals surface area contributed by atoms with Crippen molar-refractivity contribution in [3.05, 3.63) is 0 Å². The first kappa shape index (κ1) is 16.5. The van der Waals surface area contributed by atoms with E-state index in [2.05, 4.69) is 20.8 Å². The third-order valence-corrected chi connectivity index (χ3v) is 3.26. The Morgan fingerprint density at radius 1 is 1.00 bits per heavy atom. The highest BCUT2D eigenvalue weighted by Gasteiger charge is 2.30. The predicted molar refractivity (Wildman–Crippen MR) is 73.1 cm³/mol. The molecule has 0 aliphatic carbocycles. The summed E-state index contributed by atoms with van der Waals surface area (Å²) in [5.41, 5.74) is 0.270. The van der Waals surface area contributed by atoms with Gasteiger partial charge in [0.15, 0.2) is 0 Å². The van der Waals surface area contributed by atoms with Crippen molar-refractivity contribution >= 4 is 5.97 Å². The summed E-state index contributed by atoms with van der Waals surface area (Å²) in [6, 6.07) is 0. The lowest BCUT2D eigenvalue weighted by molar-refractivity contribution is -0.145. The van der Waals surface area contributed by atoms with Crippen molar-refractivity contribution in [2.75, 3.05) is 0 Å². The van der Waals surface area contributed by atoms with Gasteiger partial charge in [0.2, 0.25) is 0 Å². The first-order valence-corrected chi connectivity index (χ1v) is 6.77. The number of hydrogen-bond donors (Lipinski definition) is 1. The zero-order valence-corrected chi connectivity index (χ0v) is 12.5. The van der Waals surface area contributed by atoms with E-state index in [9.17, 15) is 9.90 Å². The van der Waals surface area contributed by atoms with E-state index >= 15 is 0 Å². The first-order chi connectivity index (χ1) is 7.54. The number of unbranched alkanes of at least 4 members (excludes halogenated alkanes) is 2. The van der Waals surface area contributed by atoms with Crippen molar-refractivity contribution in [3.63, 3.8) is 0 Å². The topological polar surface area (TPSA) is 37.3 Å². The molecule has 102 valence electrons. The number of carboxylic acids is 1. The zero-order chi connectivity index (χ0) is 13.7. The van der Waals surface area contributed by atoms with Crippen LogP contribution in [0.4, 0.5) is 0 Å². The zero-order valence-electron chi connectivity index (χ0n) is 12.5. The summed E-state index contributed by atoms with van der Waals surface area (Å²) in [7, 11) is 0. The molecule has 0 rings (SSSR count). The van der Waals surface area contributed by atoms with Gasteiger partial charge in [0.1, 0.15) is 0 Å². The van der Waals surface area contributed by atoms with Crippen molar-refractivity contribution in [2.24, 2.45) is 16.7 Å². The van der Waals surface area contributed by atoms with Gasteiger partial charge in [0, 0.05) is 0 Å². The first-order valence-electron chi connectivity index (χ1n) is 6.77. The van der Waals surface area contributed by atoms with Gasteiger partial charge in [-0.1, -0.05) is 60.8 Å². The second-order valence-electron chi connectivity index (χ2n) is 7.42. The van der Waals surface area contributed by atoms with Crippen molar-refractivity contribution in [1.29, 1.82) is 0 Å². The van der Waals surface area contributed by atoms with Gasteiger partial charge in [0.05, 0.1) is 5.92 Å². The van der Waals surface area contributed by atoms with Crippen LogP contribution in [0.15, 0.2) is 0 Å². The minimum Gasteiger partial charge on any atom is -0.481 e. The van der Waals surface area contributed by atoms with Gasteiger partial charge in [-0.05, 0) is 23.7 Å². The molecule has 0 saturated carbocycles. The molecule has 0 aromatic rings. The normalized spacial score (nSPS) is 14.7. The van der Waals surface area contributed by atoms with E-state index < -0.39 is 5.97 Å². The molecular weight excluding hydrogens is 212 g/mol. The van der Waals surface area contributed by atoms with E-state index in [1.807, 2.05) is 20.8 Å². The third-order valence-electron chi connectivity index (χ3n) is 3.26. The van der Waals surface area contributed by atoms with E-state index in [4.69, 9.17) is 0 Å². The van der Waals surface area contributed by atoms with E-state index in [0.717, 1.165) is 19.3 Å². The molecule has 0 aliphatic rings. The fourth-order valence-electron chi connectivity index (χ4n) is 2.11. The van der Waals surface area contributed by atoms with Gasteiger partial charge in [-0.2, -0.15) is 0 Å². The van der Waals surface area contributed by atoms with Gasteiger partial charge in [-0.25, -0.2) is 0 Å². The number of carboxylic acid groups (broad SMARTS) is 1. The summed E-state index contributed by atoms with van der Waals surface area (Å²) in [4.78, 5) is 11.2. The second kappa shape index (κ2) is 6.42. The Morgan fingerprint density at radius 3 is 1.88 bits per heavy atom. The highest BCUT2D eigenvalue weighted by Crippen LogP contribution is 2.31.